The first-order chi connectivity index (χ1) is 26.2. The van der Waals surface area contributed by atoms with E-state index < -0.39 is 73.9 Å². The Balaban J connectivity index is 1.21. The highest BCUT2D eigenvalue weighted by molar-refractivity contribution is 7.91. The van der Waals surface area contributed by atoms with Gasteiger partial charge < -0.3 is 20.3 Å². The van der Waals surface area contributed by atoms with Gasteiger partial charge in [0.15, 0.2) is 0 Å². The summed E-state index contributed by atoms with van der Waals surface area (Å²) in [6.45, 7) is 5.08. The predicted octanol–water partition coefficient (Wildman–Crippen LogP) is 2.97. The van der Waals surface area contributed by atoms with Crippen molar-refractivity contribution in [1.82, 2.24) is 40.2 Å². The molecule has 3 fully saturated rings. The molecule has 4 aliphatic rings. The van der Waals surface area contributed by atoms with E-state index in [1.54, 1.807) is 13.8 Å². The fourth-order valence-electron chi connectivity index (χ4n) is 7.22. The van der Waals surface area contributed by atoms with Crippen molar-refractivity contribution in [3.05, 3.63) is 65.6 Å². The molecule has 3 aromatic rings. The number of allylic oxidation sites excluding steroid dienone is 1. The molecule has 2 aliphatic carbocycles. The van der Waals surface area contributed by atoms with E-state index in [0.717, 1.165) is 12.8 Å². The Hall–Kier alpha value is -5.06. The fraction of sp³-hybridized carbons (Fsp3) is 0.526. The normalized spacial score (nSPS) is 27.1. The molecule has 17 heteroatoms. The standard InChI is InChI=1S/C38H45FN8O7S/c1-4-26-34(44-29-16-24(39)12-13-27(29)42-26)54-25-17-31-33(49)45-38(36(51)46-55(52,53)37(3)14-15-37)18-23(38)10-8-6-5-7-9-11-28(35(50)47(31)21-25)43-32(48)30-20-40-22(2)19-41-30/h8,10,12-13,16,19-20,23,25,28,31H,4-7,9,11,14-15,17-18,21H2,1-3H3,(H,43,48)(H,45,49)(H,46,51)/b10-8-/t23-,25?,28?,31+,38-/m1/s1. The quantitative estimate of drug-likeness (QED) is 0.284. The molecule has 55 heavy (non-hydrogen) atoms. The Morgan fingerprint density at radius 1 is 1.09 bits per heavy atom. The SMILES string of the molecule is CCc1nc2ccc(F)cc2nc1OC1C[C@H]2C(=O)N[C@]3(C(=O)NS(=O)(=O)C4(C)CC4)C[C@H]3/C=C\CCCCCC(NC(=O)c3cnc(C)cn3)C(=O)N2C1. The summed E-state index contributed by atoms with van der Waals surface area (Å²) in [6.07, 6.45) is 10.2. The number of rotatable bonds is 8. The van der Waals surface area contributed by atoms with Gasteiger partial charge in [-0.15, -0.1) is 0 Å². The van der Waals surface area contributed by atoms with E-state index in [1.165, 1.54) is 35.5 Å². The van der Waals surface area contributed by atoms with Gasteiger partial charge in [0, 0.05) is 24.6 Å². The fourth-order valence-corrected chi connectivity index (χ4v) is 8.53. The molecule has 3 N–H and O–H groups in total. The second kappa shape index (κ2) is 14.9. The summed E-state index contributed by atoms with van der Waals surface area (Å²) in [4.78, 5) is 75.0. The Morgan fingerprint density at radius 2 is 1.89 bits per heavy atom. The van der Waals surface area contributed by atoms with E-state index >= 15 is 0 Å². The van der Waals surface area contributed by atoms with Crippen LogP contribution in [0.1, 0.15) is 93.5 Å². The molecule has 7 rings (SSSR count). The van der Waals surface area contributed by atoms with E-state index in [9.17, 15) is 32.0 Å². The van der Waals surface area contributed by atoms with E-state index in [4.69, 9.17) is 4.74 Å². The summed E-state index contributed by atoms with van der Waals surface area (Å²) in [6, 6.07) is 1.83. The molecule has 2 aliphatic heterocycles. The Bertz CT molecular complexity index is 2160. The molecule has 5 atom stereocenters. The van der Waals surface area contributed by atoms with Crippen LogP contribution in [0.4, 0.5) is 4.39 Å². The minimum absolute atomic E-state index is 0.0255. The van der Waals surface area contributed by atoms with Crippen LogP contribution in [-0.4, -0.2) is 91.9 Å². The number of carbonyl (C=O) groups excluding carboxylic acids is 4. The second-order valence-electron chi connectivity index (χ2n) is 15.2. The highest BCUT2D eigenvalue weighted by Crippen LogP contribution is 2.47. The number of carbonyl (C=O) groups is 4. The van der Waals surface area contributed by atoms with E-state index in [-0.39, 0.29) is 42.9 Å². The van der Waals surface area contributed by atoms with Gasteiger partial charge in [0.1, 0.15) is 40.9 Å². The first kappa shape index (κ1) is 38.2. The van der Waals surface area contributed by atoms with Gasteiger partial charge in [-0.3, -0.25) is 28.9 Å². The summed E-state index contributed by atoms with van der Waals surface area (Å²) in [5.41, 5.74) is 0.330. The number of hydrogen-bond donors (Lipinski definition) is 3. The van der Waals surface area contributed by atoms with Crippen LogP contribution in [0.25, 0.3) is 11.0 Å². The van der Waals surface area contributed by atoms with Gasteiger partial charge in [0.25, 0.3) is 11.8 Å². The number of nitrogens with zero attached hydrogens (tertiary/aromatic N) is 5. The van der Waals surface area contributed by atoms with Gasteiger partial charge in [-0.25, -0.2) is 27.8 Å². The maximum Gasteiger partial charge on any atom is 0.272 e. The van der Waals surface area contributed by atoms with Crippen LogP contribution in [-0.2, 0) is 30.8 Å². The number of benzene rings is 1. The number of hydrogen-bond acceptors (Lipinski definition) is 11. The number of amides is 4. The van der Waals surface area contributed by atoms with Crippen molar-refractivity contribution in [2.24, 2.45) is 5.92 Å². The van der Waals surface area contributed by atoms with Crippen molar-refractivity contribution in [2.75, 3.05) is 6.54 Å². The summed E-state index contributed by atoms with van der Waals surface area (Å²) >= 11 is 0. The third kappa shape index (κ3) is 7.89. The zero-order valence-electron chi connectivity index (χ0n) is 31.0. The highest BCUT2D eigenvalue weighted by Gasteiger charge is 2.63. The van der Waals surface area contributed by atoms with Crippen LogP contribution in [0.2, 0.25) is 0 Å². The third-order valence-corrected chi connectivity index (χ3v) is 13.2. The van der Waals surface area contributed by atoms with Crippen LogP contribution in [0.5, 0.6) is 5.88 Å². The van der Waals surface area contributed by atoms with Gasteiger partial charge in [0.2, 0.25) is 27.7 Å². The molecule has 4 amide bonds. The molecule has 15 nitrogen and oxygen atoms in total. The molecule has 0 radical (unpaired) electrons. The van der Waals surface area contributed by atoms with Crippen LogP contribution < -0.4 is 20.1 Å². The van der Waals surface area contributed by atoms with Crippen molar-refractivity contribution < 1.29 is 36.7 Å². The molecule has 1 aromatic carbocycles. The van der Waals surface area contributed by atoms with Crippen LogP contribution in [0.15, 0.2) is 42.7 Å². The summed E-state index contributed by atoms with van der Waals surface area (Å²) < 4.78 is 48.0. The number of aromatic nitrogens is 4. The second-order valence-corrected chi connectivity index (χ2v) is 17.4. The first-order valence-corrected chi connectivity index (χ1v) is 20.3. The largest absolute Gasteiger partial charge is 0.471 e. The Labute approximate surface area is 318 Å². The monoisotopic (exact) mass is 776 g/mol. The summed E-state index contributed by atoms with van der Waals surface area (Å²) in [5.74, 6) is -3.48. The molecule has 4 heterocycles. The van der Waals surface area contributed by atoms with Crippen molar-refractivity contribution in [1.29, 1.82) is 0 Å². The molecular formula is C38H45FN8O7S. The maximum absolute atomic E-state index is 14.6. The van der Waals surface area contributed by atoms with Gasteiger partial charge >= 0.3 is 0 Å². The zero-order chi connectivity index (χ0) is 39.1. The van der Waals surface area contributed by atoms with Gasteiger partial charge in [-0.05, 0) is 70.9 Å². The Kier molecular flexibility index (Phi) is 10.3. The van der Waals surface area contributed by atoms with Gasteiger partial charge in [0.05, 0.1) is 34.2 Å². The number of ether oxygens (including phenoxy) is 1. The summed E-state index contributed by atoms with van der Waals surface area (Å²) in [5, 5.41) is 5.67. The Morgan fingerprint density at radius 3 is 2.62 bits per heavy atom. The van der Waals surface area contributed by atoms with Crippen molar-refractivity contribution >= 4 is 44.7 Å². The van der Waals surface area contributed by atoms with Crippen molar-refractivity contribution in [3.63, 3.8) is 0 Å². The average Bonchev–Trinajstić information content (AvgIpc) is 4.03. The molecule has 0 spiro atoms. The topological polar surface area (TPSA) is 203 Å². The highest BCUT2D eigenvalue weighted by atomic mass is 32.2. The number of aryl methyl sites for hydroxylation is 2. The lowest BCUT2D eigenvalue weighted by atomic mass is 10.0. The lowest BCUT2D eigenvalue weighted by Crippen LogP contribution is -2.58. The van der Waals surface area contributed by atoms with Crippen LogP contribution >= 0.6 is 0 Å². The van der Waals surface area contributed by atoms with E-state index in [1.807, 2.05) is 19.1 Å². The number of nitrogens with one attached hydrogen (secondary N) is 3. The first-order valence-electron chi connectivity index (χ1n) is 18.8. The average molecular weight is 777 g/mol. The minimum atomic E-state index is -4.01. The van der Waals surface area contributed by atoms with Crippen molar-refractivity contribution in [3.8, 4) is 5.88 Å². The maximum atomic E-state index is 14.6. The molecule has 2 unspecified atom stereocenters. The zero-order valence-corrected chi connectivity index (χ0v) is 31.8. The van der Waals surface area contributed by atoms with Crippen LogP contribution in [0.3, 0.4) is 0 Å². The van der Waals surface area contributed by atoms with Gasteiger partial charge in [-0.1, -0.05) is 31.9 Å². The number of sulfonamides is 1. The molecule has 292 valence electrons. The molecule has 0 bridgehead atoms. The predicted molar refractivity (Wildman–Crippen MR) is 197 cm³/mol. The lowest BCUT2D eigenvalue weighted by molar-refractivity contribution is -0.141. The molecular weight excluding hydrogens is 732 g/mol. The van der Waals surface area contributed by atoms with Crippen LogP contribution in [0, 0.1) is 18.7 Å². The lowest BCUT2D eigenvalue weighted by Gasteiger charge is -2.30. The molecule has 2 aromatic heterocycles. The molecule has 2 saturated carbocycles. The van der Waals surface area contributed by atoms with E-state index in [0.29, 0.717) is 49.0 Å². The van der Waals surface area contributed by atoms with Gasteiger partial charge in [-0.2, -0.15) is 0 Å². The third-order valence-electron chi connectivity index (χ3n) is 11.1. The summed E-state index contributed by atoms with van der Waals surface area (Å²) in [7, 11) is -4.01. The molecule has 1 saturated heterocycles. The number of halogens is 1. The smallest absolute Gasteiger partial charge is 0.272 e. The van der Waals surface area contributed by atoms with E-state index in [2.05, 4.69) is 35.3 Å². The minimum Gasteiger partial charge on any atom is -0.471 e. The van der Waals surface area contributed by atoms with Crippen molar-refractivity contribution in [2.45, 2.75) is 113 Å². The number of fused-ring (bicyclic) bond motifs is 3.